The van der Waals surface area contributed by atoms with Crippen molar-refractivity contribution in [2.45, 2.75) is 32.1 Å². The molecule has 3 aromatic carbocycles. The summed E-state index contributed by atoms with van der Waals surface area (Å²) >= 11 is 0. The Bertz CT molecular complexity index is 1360. The van der Waals surface area contributed by atoms with Crippen LogP contribution in [0.15, 0.2) is 54.6 Å². The molecule has 0 amide bonds. The third-order valence-electron chi connectivity index (χ3n) is 6.94. The maximum absolute atomic E-state index is 13.5. The minimum atomic E-state index is -0.167. The molecule has 1 unspecified atom stereocenters. The molecule has 3 aromatic rings. The van der Waals surface area contributed by atoms with Crippen molar-refractivity contribution >= 4 is 17.9 Å². The maximum atomic E-state index is 13.5. The number of Topliss-reactive ketones (excluding diaryl/α,β-unsaturated/α-hetero) is 1. The smallest absolute Gasteiger partial charge is 0.231 e. The topological polar surface area (TPSA) is 35.5 Å². The van der Waals surface area contributed by atoms with Crippen molar-refractivity contribution in [3.05, 3.63) is 81.7 Å². The maximum Gasteiger partial charge on any atom is 0.231 e. The SMILES string of the molecule is CC1(C)CC(C(=O)c2ccc3c(c2)OCO3)C=c2c1ccc1c2=CCc2ccccc2-1. The zero-order chi connectivity index (χ0) is 21.2. The Morgan fingerprint density at radius 3 is 2.68 bits per heavy atom. The highest BCUT2D eigenvalue weighted by molar-refractivity contribution is 6.02. The number of carbonyl (C=O) groups excluding carboxylic acids is 1. The third-order valence-corrected chi connectivity index (χ3v) is 6.94. The van der Waals surface area contributed by atoms with Gasteiger partial charge < -0.3 is 9.47 Å². The number of benzene rings is 3. The molecule has 2 aliphatic carbocycles. The molecule has 1 heterocycles. The quantitative estimate of drug-likeness (QED) is 0.591. The lowest BCUT2D eigenvalue weighted by Gasteiger charge is -2.34. The Morgan fingerprint density at radius 2 is 1.77 bits per heavy atom. The van der Waals surface area contributed by atoms with Crippen LogP contribution >= 0.6 is 0 Å². The van der Waals surface area contributed by atoms with E-state index in [2.05, 4.69) is 62.4 Å². The second-order valence-corrected chi connectivity index (χ2v) is 9.35. The first-order chi connectivity index (χ1) is 15.0. The molecule has 1 atom stereocenters. The van der Waals surface area contributed by atoms with Gasteiger partial charge in [0.1, 0.15) is 0 Å². The highest BCUT2D eigenvalue weighted by Gasteiger charge is 2.34. The summed E-state index contributed by atoms with van der Waals surface area (Å²) in [5.74, 6) is 1.34. The number of rotatable bonds is 2. The van der Waals surface area contributed by atoms with Gasteiger partial charge in [0.2, 0.25) is 6.79 Å². The monoisotopic (exact) mass is 408 g/mol. The average Bonchev–Trinajstić information content (AvgIpc) is 3.25. The van der Waals surface area contributed by atoms with E-state index in [9.17, 15) is 4.79 Å². The first kappa shape index (κ1) is 18.4. The molecule has 31 heavy (non-hydrogen) atoms. The minimum Gasteiger partial charge on any atom is -0.454 e. The number of hydrogen-bond donors (Lipinski definition) is 0. The Balaban J connectivity index is 1.50. The van der Waals surface area contributed by atoms with E-state index in [4.69, 9.17) is 9.47 Å². The Hall–Kier alpha value is -3.33. The molecule has 0 N–H and O–H groups in total. The zero-order valence-corrected chi connectivity index (χ0v) is 17.8. The van der Waals surface area contributed by atoms with Crippen molar-refractivity contribution in [3.8, 4) is 22.6 Å². The lowest BCUT2D eigenvalue weighted by Crippen LogP contribution is -2.43. The standard InChI is InChI=1S/C28H24O3/c1-28(2)15-19(27(29)18-8-12-25-26(14-18)31-16-30-25)13-23-22-9-7-17-5-3-4-6-20(17)21(22)10-11-24(23)28/h3-6,8-14,19H,7,15-16H2,1-2H3. The summed E-state index contributed by atoms with van der Waals surface area (Å²) in [6.45, 7) is 4.72. The predicted molar refractivity (Wildman–Crippen MR) is 122 cm³/mol. The molecule has 154 valence electrons. The largest absolute Gasteiger partial charge is 0.454 e. The first-order valence-corrected chi connectivity index (χ1v) is 10.9. The van der Waals surface area contributed by atoms with Crippen LogP contribution in [0.5, 0.6) is 11.5 Å². The molecular weight excluding hydrogens is 384 g/mol. The van der Waals surface area contributed by atoms with Crippen LogP contribution < -0.4 is 19.9 Å². The van der Waals surface area contributed by atoms with E-state index in [-0.39, 0.29) is 23.9 Å². The summed E-state index contributed by atoms with van der Waals surface area (Å²) in [7, 11) is 0. The van der Waals surface area contributed by atoms with Crippen molar-refractivity contribution in [1.82, 2.24) is 0 Å². The highest BCUT2D eigenvalue weighted by Crippen LogP contribution is 2.37. The molecule has 3 heteroatoms. The van der Waals surface area contributed by atoms with E-state index in [1.54, 1.807) is 0 Å². The molecule has 0 spiro atoms. The molecule has 0 saturated heterocycles. The van der Waals surface area contributed by atoms with Gasteiger partial charge in [0.15, 0.2) is 17.3 Å². The van der Waals surface area contributed by atoms with Crippen LogP contribution in [-0.2, 0) is 11.8 Å². The number of hydrogen-bond acceptors (Lipinski definition) is 3. The van der Waals surface area contributed by atoms with E-state index < -0.39 is 0 Å². The molecule has 0 radical (unpaired) electrons. The number of ketones is 1. The second kappa shape index (κ2) is 6.58. The van der Waals surface area contributed by atoms with Crippen LogP contribution in [0.1, 0.15) is 41.8 Å². The second-order valence-electron chi connectivity index (χ2n) is 9.35. The molecule has 1 aliphatic heterocycles. The van der Waals surface area contributed by atoms with Crippen molar-refractivity contribution in [2.24, 2.45) is 5.92 Å². The summed E-state index contributed by atoms with van der Waals surface area (Å²) in [5, 5.41) is 2.50. The van der Waals surface area contributed by atoms with Gasteiger partial charge in [0.05, 0.1) is 0 Å². The first-order valence-electron chi connectivity index (χ1n) is 10.9. The molecule has 0 bridgehead atoms. The van der Waals surface area contributed by atoms with Crippen LogP contribution in [0.4, 0.5) is 0 Å². The van der Waals surface area contributed by atoms with Crippen LogP contribution in [0, 0.1) is 5.92 Å². The molecule has 0 saturated carbocycles. The summed E-state index contributed by atoms with van der Waals surface area (Å²) in [5.41, 5.74) is 5.86. The number of carbonyl (C=O) groups is 1. The number of ether oxygens (including phenoxy) is 2. The van der Waals surface area contributed by atoms with Crippen molar-refractivity contribution in [1.29, 1.82) is 0 Å². The Morgan fingerprint density at radius 1 is 0.935 bits per heavy atom. The lowest BCUT2D eigenvalue weighted by atomic mass is 9.69. The van der Waals surface area contributed by atoms with Gasteiger partial charge in [-0.1, -0.05) is 62.4 Å². The molecule has 6 rings (SSSR count). The summed E-state index contributed by atoms with van der Waals surface area (Å²) in [6.07, 6.45) is 6.25. The normalized spacial score (nSPS) is 19.4. The lowest BCUT2D eigenvalue weighted by molar-refractivity contribution is 0.0933. The zero-order valence-electron chi connectivity index (χ0n) is 17.8. The molecular formula is C28H24O3. The van der Waals surface area contributed by atoms with Gasteiger partial charge in [0.25, 0.3) is 0 Å². The van der Waals surface area contributed by atoms with Gasteiger partial charge in [-0.25, -0.2) is 0 Å². The van der Waals surface area contributed by atoms with Crippen LogP contribution in [0.2, 0.25) is 0 Å². The highest BCUT2D eigenvalue weighted by atomic mass is 16.7. The fourth-order valence-electron chi connectivity index (χ4n) is 5.39. The molecule has 0 fully saturated rings. The molecule has 3 nitrogen and oxygen atoms in total. The van der Waals surface area contributed by atoms with Crippen molar-refractivity contribution < 1.29 is 14.3 Å². The summed E-state index contributed by atoms with van der Waals surface area (Å²) in [4.78, 5) is 13.5. The van der Waals surface area contributed by atoms with E-state index in [0.717, 1.165) is 12.8 Å². The Kier molecular flexibility index (Phi) is 3.92. The van der Waals surface area contributed by atoms with Crippen LogP contribution in [0.25, 0.3) is 23.3 Å². The fourth-order valence-corrected chi connectivity index (χ4v) is 5.39. The minimum absolute atomic E-state index is 0.0828. The van der Waals surface area contributed by atoms with Crippen molar-refractivity contribution in [2.75, 3.05) is 6.79 Å². The van der Waals surface area contributed by atoms with Gasteiger partial charge in [-0.05, 0) is 69.1 Å². The van der Waals surface area contributed by atoms with E-state index in [1.165, 1.54) is 32.7 Å². The Labute approximate surface area is 181 Å². The molecule has 0 aromatic heterocycles. The third kappa shape index (κ3) is 2.83. The van der Waals surface area contributed by atoms with Crippen molar-refractivity contribution in [3.63, 3.8) is 0 Å². The van der Waals surface area contributed by atoms with E-state index >= 15 is 0 Å². The predicted octanol–water partition coefficient (Wildman–Crippen LogP) is 4.38. The fraction of sp³-hybridized carbons (Fsp3) is 0.250. The van der Waals surface area contributed by atoms with Gasteiger partial charge in [0, 0.05) is 11.5 Å². The van der Waals surface area contributed by atoms with Gasteiger partial charge in [-0.2, -0.15) is 0 Å². The average molecular weight is 408 g/mol. The van der Waals surface area contributed by atoms with E-state index in [1.807, 2.05) is 18.2 Å². The van der Waals surface area contributed by atoms with Gasteiger partial charge in [-0.3, -0.25) is 4.79 Å². The number of fused-ring (bicyclic) bond motifs is 6. The van der Waals surface area contributed by atoms with Crippen LogP contribution in [-0.4, -0.2) is 12.6 Å². The van der Waals surface area contributed by atoms with Gasteiger partial charge >= 0.3 is 0 Å². The summed E-state index contributed by atoms with van der Waals surface area (Å²) < 4.78 is 10.9. The molecule has 3 aliphatic rings. The van der Waals surface area contributed by atoms with Gasteiger partial charge in [-0.15, -0.1) is 0 Å². The van der Waals surface area contributed by atoms with E-state index in [0.29, 0.717) is 17.1 Å². The summed E-state index contributed by atoms with van der Waals surface area (Å²) in [6, 6.07) is 18.7. The van der Waals surface area contributed by atoms with Crippen LogP contribution in [0.3, 0.4) is 0 Å².